The molecule has 0 aliphatic heterocycles. The maximum atomic E-state index is 13.0. The van der Waals surface area contributed by atoms with Crippen LogP contribution in [0.15, 0.2) is 36.5 Å². The Hall–Kier alpha value is -1.28. The van der Waals surface area contributed by atoms with E-state index in [4.69, 9.17) is 9.05 Å². The average Bonchev–Trinajstić information content (AvgIpc) is 3.36. The monoisotopic (exact) mass is 1060 g/mol. The topological polar surface area (TPSA) is 108 Å². The van der Waals surface area contributed by atoms with Gasteiger partial charge in [-0.25, -0.2) is 0 Å². The Kier molecular flexibility index (Phi) is 55.5. The number of phosphoric ester groups is 1. The number of unbranched alkanes of at least 4 members (excludes halogenated alkanes) is 43. The van der Waals surface area contributed by atoms with Crippen molar-refractivity contribution in [3.05, 3.63) is 36.5 Å². The lowest BCUT2D eigenvalue weighted by Crippen LogP contribution is -2.45. The Balaban J connectivity index is 4.10. The molecule has 9 heteroatoms. The Morgan fingerprint density at radius 3 is 1.12 bits per heavy atom. The zero-order valence-electron chi connectivity index (χ0n) is 50.1. The van der Waals surface area contributed by atoms with E-state index in [0.29, 0.717) is 17.4 Å². The van der Waals surface area contributed by atoms with Crippen molar-refractivity contribution in [3.63, 3.8) is 0 Å². The van der Waals surface area contributed by atoms with Crippen molar-refractivity contribution in [3.8, 4) is 0 Å². The first-order valence-corrected chi connectivity index (χ1v) is 33.8. The molecule has 0 spiro atoms. The van der Waals surface area contributed by atoms with E-state index >= 15 is 0 Å². The molecule has 2 N–H and O–H groups in total. The summed E-state index contributed by atoms with van der Waals surface area (Å²) in [6.45, 7) is 4.69. The van der Waals surface area contributed by atoms with Crippen LogP contribution in [0.5, 0.6) is 0 Å². The van der Waals surface area contributed by atoms with Gasteiger partial charge in [-0.05, 0) is 51.4 Å². The van der Waals surface area contributed by atoms with Gasteiger partial charge in [-0.1, -0.05) is 301 Å². The van der Waals surface area contributed by atoms with Gasteiger partial charge in [0.15, 0.2) is 0 Å². The molecule has 0 fully saturated rings. The smallest absolute Gasteiger partial charge is 0.268 e. The molecule has 0 bridgehead atoms. The molecular formula is C65H127N2O6P. The van der Waals surface area contributed by atoms with Crippen LogP contribution < -0.4 is 10.2 Å². The Labute approximate surface area is 461 Å². The maximum Gasteiger partial charge on any atom is 0.268 e. The van der Waals surface area contributed by atoms with Gasteiger partial charge in [-0.15, -0.1) is 0 Å². The molecule has 0 radical (unpaired) electrons. The number of nitrogens with one attached hydrogen (secondary N) is 1. The lowest BCUT2D eigenvalue weighted by Gasteiger charge is -2.29. The van der Waals surface area contributed by atoms with Gasteiger partial charge < -0.3 is 28.8 Å². The fraction of sp³-hybridized carbons (Fsp3) is 0.892. The number of hydrogen-bond acceptors (Lipinski definition) is 6. The minimum atomic E-state index is -4.60. The fourth-order valence-corrected chi connectivity index (χ4v) is 10.5. The molecule has 3 atom stereocenters. The quantitative estimate of drug-likeness (QED) is 0.0272. The van der Waals surface area contributed by atoms with Crippen LogP contribution in [0.4, 0.5) is 0 Å². The van der Waals surface area contributed by atoms with E-state index in [1.54, 1.807) is 6.08 Å². The summed E-state index contributed by atoms with van der Waals surface area (Å²) in [4.78, 5) is 25.6. The molecule has 0 saturated carbocycles. The average molecular weight is 1060 g/mol. The minimum absolute atomic E-state index is 0.000672. The zero-order valence-corrected chi connectivity index (χ0v) is 51.0. The van der Waals surface area contributed by atoms with Crippen molar-refractivity contribution in [1.82, 2.24) is 5.32 Å². The van der Waals surface area contributed by atoms with Crippen molar-refractivity contribution < 1.29 is 32.9 Å². The number of aliphatic hydroxyl groups excluding tert-OH is 1. The standard InChI is InChI=1S/C65H127N2O6P/c1-6-8-10-12-14-16-18-20-22-24-26-28-30-31-32-33-34-35-37-39-41-43-45-47-49-51-53-55-57-59-65(69)66-63(62-73-74(70,71)72-61-60-67(3,4)5)64(68)58-56-54-52-50-48-46-44-42-40-38-36-29-27-25-23-21-19-17-15-13-11-9-7-2/h18,20,24,26,56,58,63-64,68H,6-17,19,21-23,25,27-55,57,59-62H2,1-5H3,(H-,66,69,70,71)/b20-18-,26-24-,58-56+. The largest absolute Gasteiger partial charge is 0.756 e. The summed E-state index contributed by atoms with van der Waals surface area (Å²) in [5.74, 6) is -0.192. The van der Waals surface area contributed by atoms with Gasteiger partial charge in [-0.3, -0.25) is 9.36 Å². The highest BCUT2D eigenvalue weighted by Gasteiger charge is 2.23. The van der Waals surface area contributed by atoms with Gasteiger partial charge in [0.2, 0.25) is 5.91 Å². The first-order valence-electron chi connectivity index (χ1n) is 32.4. The summed E-state index contributed by atoms with van der Waals surface area (Å²) in [7, 11) is 1.27. The molecular weight excluding hydrogens is 936 g/mol. The minimum Gasteiger partial charge on any atom is -0.756 e. The summed E-state index contributed by atoms with van der Waals surface area (Å²) in [5, 5.41) is 13.9. The van der Waals surface area contributed by atoms with Crippen LogP contribution in [-0.2, 0) is 18.4 Å². The van der Waals surface area contributed by atoms with Gasteiger partial charge in [-0.2, -0.15) is 0 Å². The molecule has 74 heavy (non-hydrogen) atoms. The molecule has 0 aliphatic rings. The molecule has 0 rings (SSSR count). The summed E-state index contributed by atoms with van der Waals surface area (Å²) in [6, 6.07) is -0.886. The van der Waals surface area contributed by atoms with E-state index in [1.165, 1.54) is 257 Å². The van der Waals surface area contributed by atoms with E-state index in [9.17, 15) is 19.4 Å². The van der Waals surface area contributed by atoms with Crippen LogP contribution in [0.3, 0.4) is 0 Å². The third-order valence-electron chi connectivity index (χ3n) is 14.8. The summed E-state index contributed by atoms with van der Waals surface area (Å²) in [5.41, 5.74) is 0. The highest BCUT2D eigenvalue weighted by atomic mass is 31.2. The number of nitrogens with zero attached hydrogens (tertiary/aromatic N) is 1. The van der Waals surface area contributed by atoms with Gasteiger partial charge >= 0.3 is 0 Å². The maximum absolute atomic E-state index is 13.0. The molecule has 0 heterocycles. The molecule has 0 aromatic carbocycles. The van der Waals surface area contributed by atoms with Crippen LogP contribution in [-0.4, -0.2) is 68.5 Å². The van der Waals surface area contributed by atoms with E-state index in [1.807, 2.05) is 27.2 Å². The molecule has 438 valence electrons. The summed E-state index contributed by atoms with van der Waals surface area (Å²) >= 11 is 0. The lowest BCUT2D eigenvalue weighted by molar-refractivity contribution is -0.870. The first-order chi connectivity index (χ1) is 36.0. The number of quaternary nitrogens is 1. The molecule has 0 aliphatic carbocycles. The molecule has 8 nitrogen and oxygen atoms in total. The number of aliphatic hydroxyl groups is 1. The van der Waals surface area contributed by atoms with Crippen molar-refractivity contribution in [2.45, 2.75) is 334 Å². The number of hydrogen-bond donors (Lipinski definition) is 2. The second-order valence-electron chi connectivity index (χ2n) is 23.5. The molecule has 0 saturated heterocycles. The van der Waals surface area contributed by atoms with Crippen molar-refractivity contribution in [2.75, 3.05) is 40.9 Å². The van der Waals surface area contributed by atoms with Crippen LogP contribution >= 0.6 is 7.82 Å². The Morgan fingerprint density at radius 1 is 0.473 bits per heavy atom. The first kappa shape index (κ1) is 72.7. The highest BCUT2D eigenvalue weighted by molar-refractivity contribution is 7.45. The Morgan fingerprint density at radius 2 is 0.784 bits per heavy atom. The molecule has 1 amide bonds. The number of carbonyl (C=O) groups is 1. The van der Waals surface area contributed by atoms with E-state index < -0.39 is 20.0 Å². The second kappa shape index (κ2) is 56.4. The van der Waals surface area contributed by atoms with E-state index in [2.05, 4.69) is 43.5 Å². The predicted octanol–water partition coefficient (Wildman–Crippen LogP) is 19.5. The van der Waals surface area contributed by atoms with Crippen molar-refractivity contribution in [2.24, 2.45) is 0 Å². The SMILES string of the molecule is CCCCCCC/C=C\C/C=C\CCCCCCCCCCCCCCCCCCCC(=O)NC(COP(=O)([O-])OCC[N+](C)(C)C)C(O)/C=C/CCCCCCCCCCCCCCCCCCCCCCC. The third kappa shape index (κ3) is 58.4. The van der Waals surface area contributed by atoms with Crippen LogP contribution in [0.2, 0.25) is 0 Å². The van der Waals surface area contributed by atoms with Gasteiger partial charge in [0.05, 0.1) is 39.9 Å². The molecule has 0 aromatic rings. The van der Waals surface area contributed by atoms with Crippen LogP contribution in [0, 0.1) is 0 Å². The zero-order chi connectivity index (χ0) is 54.2. The van der Waals surface area contributed by atoms with E-state index in [-0.39, 0.29) is 19.1 Å². The van der Waals surface area contributed by atoms with E-state index in [0.717, 1.165) is 44.9 Å². The molecule has 0 aromatic heterocycles. The van der Waals surface area contributed by atoms with Gasteiger partial charge in [0, 0.05) is 6.42 Å². The number of likely N-dealkylation sites (N-methyl/N-ethyl adjacent to an activating group) is 1. The fourth-order valence-electron chi connectivity index (χ4n) is 9.78. The number of phosphoric acid groups is 1. The lowest BCUT2D eigenvalue weighted by atomic mass is 10.0. The Bertz CT molecular complexity index is 1300. The van der Waals surface area contributed by atoms with Crippen molar-refractivity contribution >= 4 is 13.7 Å². The van der Waals surface area contributed by atoms with Crippen LogP contribution in [0.25, 0.3) is 0 Å². The van der Waals surface area contributed by atoms with Gasteiger partial charge in [0.25, 0.3) is 7.82 Å². The number of rotatable bonds is 60. The predicted molar refractivity (Wildman–Crippen MR) is 321 cm³/mol. The normalized spacial score (nSPS) is 14.0. The highest BCUT2D eigenvalue weighted by Crippen LogP contribution is 2.38. The third-order valence-corrected chi connectivity index (χ3v) is 15.8. The van der Waals surface area contributed by atoms with Gasteiger partial charge in [0.1, 0.15) is 13.2 Å². The molecule has 3 unspecified atom stereocenters. The summed E-state index contributed by atoms with van der Waals surface area (Å²) < 4.78 is 23.4. The summed E-state index contributed by atoms with van der Waals surface area (Å²) in [6.07, 6.45) is 73.8. The number of carbonyl (C=O) groups excluding carboxylic acids is 1. The van der Waals surface area contributed by atoms with Crippen molar-refractivity contribution in [1.29, 1.82) is 0 Å². The number of amides is 1. The second-order valence-corrected chi connectivity index (χ2v) is 24.9. The van der Waals surface area contributed by atoms with Crippen LogP contribution in [0.1, 0.15) is 322 Å². The number of allylic oxidation sites excluding steroid dienone is 5.